The minimum absolute atomic E-state index is 0.0290. The molecule has 3 nitrogen and oxygen atoms in total. The molecule has 112 valence electrons. The Hall–Kier alpha value is -2.12. The molecule has 4 heteroatoms. The highest BCUT2D eigenvalue weighted by Crippen LogP contribution is 2.13. The van der Waals surface area contributed by atoms with Crippen LogP contribution in [0.25, 0.3) is 0 Å². The van der Waals surface area contributed by atoms with Crippen molar-refractivity contribution in [2.75, 3.05) is 13.1 Å². The Morgan fingerprint density at radius 1 is 1.05 bits per heavy atom. The van der Waals surface area contributed by atoms with Crippen molar-refractivity contribution in [3.63, 3.8) is 0 Å². The largest absolute Gasteiger partial charge is 0.337 e. The van der Waals surface area contributed by atoms with Crippen LogP contribution in [-0.2, 0) is 6.42 Å². The summed E-state index contributed by atoms with van der Waals surface area (Å²) < 4.78 is 0.942. The molecule has 0 aliphatic carbocycles. The molecule has 0 N–H and O–H groups in total. The Morgan fingerprint density at radius 3 is 2.36 bits per heavy atom. The first-order valence-corrected chi connectivity index (χ1v) is 7.95. The second-order valence-electron chi connectivity index (χ2n) is 4.94. The van der Waals surface area contributed by atoms with E-state index in [9.17, 15) is 4.79 Å². The van der Waals surface area contributed by atoms with E-state index in [4.69, 9.17) is 5.26 Å². The van der Waals surface area contributed by atoms with Gasteiger partial charge in [-0.1, -0.05) is 46.3 Å². The minimum atomic E-state index is -0.0290. The van der Waals surface area contributed by atoms with E-state index >= 15 is 0 Å². The van der Waals surface area contributed by atoms with Crippen LogP contribution in [0.4, 0.5) is 0 Å². The predicted octanol–water partition coefficient (Wildman–Crippen LogP) is 4.05. The van der Waals surface area contributed by atoms with Crippen LogP contribution >= 0.6 is 15.9 Å². The number of hydrogen-bond acceptors (Lipinski definition) is 2. The molecule has 0 fully saturated rings. The molecule has 0 radical (unpaired) electrons. The molecule has 22 heavy (non-hydrogen) atoms. The lowest BCUT2D eigenvalue weighted by Gasteiger charge is -2.22. The zero-order valence-corrected chi connectivity index (χ0v) is 13.8. The standard InChI is InChI=1S/C18H17BrN2O/c19-17-9-7-16(8-10-17)18(22)21(13-4-12-20)14-11-15-5-2-1-3-6-15/h1-3,5-10H,4,11,13-14H2. The lowest BCUT2D eigenvalue weighted by molar-refractivity contribution is 0.0761. The molecular formula is C18H17BrN2O. The molecule has 0 bridgehead atoms. The van der Waals surface area contributed by atoms with Crippen LogP contribution in [0, 0.1) is 11.3 Å². The zero-order valence-electron chi connectivity index (χ0n) is 12.2. The van der Waals surface area contributed by atoms with E-state index in [2.05, 4.69) is 22.0 Å². The molecule has 0 atom stereocenters. The highest BCUT2D eigenvalue weighted by atomic mass is 79.9. The average molecular weight is 357 g/mol. The lowest BCUT2D eigenvalue weighted by atomic mass is 10.1. The van der Waals surface area contributed by atoms with Gasteiger partial charge in [-0.3, -0.25) is 4.79 Å². The Labute approximate surface area is 139 Å². The van der Waals surface area contributed by atoms with Gasteiger partial charge in [0.05, 0.1) is 12.5 Å². The molecule has 2 rings (SSSR count). The lowest BCUT2D eigenvalue weighted by Crippen LogP contribution is -2.33. The summed E-state index contributed by atoms with van der Waals surface area (Å²) in [6, 6.07) is 19.5. The van der Waals surface area contributed by atoms with E-state index in [1.54, 1.807) is 17.0 Å². The van der Waals surface area contributed by atoms with Crippen LogP contribution in [0.2, 0.25) is 0 Å². The number of nitriles is 1. The summed E-state index contributed by atoms with van der Waals surface area (Å²) in [6.45, 7) is 1.07. The number of nitrogens with zero attached hydrogens (tertiary/aromatic N) is 2. The third kappa shape index (κ3) is 4.71. The Bertz CT molecular complexity index is 647. The van der Waals surface area contributed by atoms with Gasteiger partial charge in [0.15, 0.2) is 0 Å². The second-order valence-corrected chi connectivity index (χ2v) is 5.86. The van der Waals surface area contributed by atoms with Gasteiger partial charge in [-0.2, -0.15) is 5.26 Å². The van der Waals surface area contributed by atoms with E-state index in [0.717, 1.165) is 10.9 Å². The molecule has 0 aliphatic rings. The number of benzene rings is 2. The summed E-state index contributed by atoms with van der Waals surface area (Å²) in [7, 11) is 0. The molecule has 0 saturated carbocycles. The molecule has 1 amide bonds. The van der Waals surface area contributed by atoms with E-state index in [-0.39, 0.29) is 5.91 Å². The van der Waals surface area contributed by atoms with E-state index in [1.807, 2.05) is 42.5 Å². The number of carbonyl (C=O) groups excluding carboxylic acids is 1. The third-order valence-electron chi connectivity index (χ3n) is 3.39. The van der Waals surface area contributed by atoms with Gasteiger partial charge in [-0.25, -0.2) is 0 Å². The number of halogens is 1. The third-order valence-corrected chi connectivity index (χ3v) is 3.91. The maximum atomic E-state index is 12.6. The van der Waals surface area contributed by atoms with Gasteiger partial charge in [0.1, 0.15) is 0 Å². The molecule has 2 aromatic rings. The smallest absolute Gasteiger partial charge is 0.253 e. The van der Waals surface area contributed by atoms with Crippen molar-refractivity contribution in [2.24, 2.45) is 0 Å². The van der Waals surface area contributed by atoms with Crippen LogP contribution in [0.5, 0.6) is 0 Å². The topological polar surface area (TPSA) is 44.1 Å². The first-order chi connectivity index (χ1) is 10.7. The molecule has 0 unspecified atom stereocenters. The summed E-state index contributed by atoms with van der Waals surface area (Å²) in [6.07, 6.45) is 1.13. The van der Waals surface area contributed by atoms with Crippen molar-refractivity contribution >= 4 is 21.8 Å². The van der Waals surface area contributed by atoms with E-state index in [1.165, 1.54) is 5.56 Å². The number of rotatable bonds is 6. The Balaban J connectivity index is 2.06. The van der Waals surface area contributed by atoms with Crippen molar-refractivity contribution in [3.8, 4) is 6.07 Å². The first kappa shape index (κ1) is 16.3. The molecule has 0 aliphatic heterocycles. The molecule has 0 aromatic heterocycles. The SMILES string of the molecule is N#CCCN(CCc1ccccc1)C(=O)c1ccc(Br)cc1. The van der Waals surface area contributed by atoms with Gasteiger partial charge in [-0.05, 0) is 36.2 Å². The van der Waals surface area contributed by atoms with Gasteiger partial charge in [0, 0.05) is 23.1 Å². The summed E-state index contributed by atoms with van der Waals surface area (Å²) in [5.41, 5.74) is 1.84. The fraction of sp³-hybridized carbons (Fsp3) is 0.222. The number of hydrogen-bond donors (Lipinski definition) is 0. The summed E-state index contributed by atoms with van der Waals surface area (Å²) in [4.78, 5) is 14.3. The first-order valence-electron chi connectivity index (χ1n) is 7.16. The predicted molar refractivity (Wildman–Crippen MR) is 90.4 cm³/mol. The van der Waals surface area contributed by atoms with Crippen molar-refractivity contribution in [1.82, 2.24) is 4.90 Å². The highest BCUT2D eigenvalue weighted by molar-refractivity contribution is 9.10. The average Bonchev–Trinajstić information content (AvgIpc) is 2.56. The van der Waals surface area contributed by atoms with Crippen LogP contribution in [0.1, 0.15) is 22.3 Å². The van der Waals surface area contributed by atoms with Crippen LogP contribution in [0.15, 0.2) is 59.1 Å². The maximum absolute atomic E-state index is 12.6. The monoisotopic (exact) mass is 356 g/mol. The van der Waals surface area contributed by atoms with Gasteiger partial charge in [-0.15, -0.1) is 0 Å². The van der Waals surface area contributed by atoms with Gasteiger partial charge in [0.25, 0.3) is 5.91 Å². The number of carbonyl (C=O) groups is 1. The van der Waals surface area contributed by atoms with Gasteiger partial charge in [0.2, 0.25) is 0 Å². The van der Waals surface area contributed by atoms with Crippen LogP contribution in [-0.4, -0.2) is 23.9 Å². The fourth-order valence-electron chi connectivity index (χ4n) is 2.18. The van der Waals surface area contributed by atoms with Crippen LogP contribution in [0.3, 0.4) is 0 Å². The molecule has 0 saturated heterocycles. The Morgan fingerprint density at radius 2 is 1.73 bits per heavy atom. The summed E-state index contributed by atoms with van der Waals surface area (Å²) >= 11 is 3.37. The molecular weight excluding hydrogens is 340 g/mol. The highest BCUT2D eigenvalue weighted by Gasteiger charge is 2.15. The zero-order chi connectivity index (χ0) is 15.8. The van der Waals surface area contributed by atoms with Crippen molar-refractivity contribution in [3.05, 3.63) is 70.2 Å². The fourth-order valence-corrected chi connectivity index (χ4v) is 2.45. The van der Waals surface area contributed by atoms with Crippen LogP contribution < -0.4 is 0 Å². The number of amides is 1. The normalized spacial score (nSPS) is 10.0. The Kier molecular flexibility index (Phi) is 6.17. The van der Waals surface area contributed by atoms with E-state index in [0.29, 0.717) is 25.1 Å². The van der Waals surface area contributed by atoms with Crippen molar-refractivity contribution in [2.45, 2.75) is 12.8 Å². The molecule has 2 aromatic carbocycles. The second kappa shape index (κ2) is 8.35. The van der Waals surface area contributed by atoms with Gasteiger partial charge < -0.3 is 4.90 Å². The molecule has 0 spiro atoms. The molecule has 0 heterocycles. The maximum Gasteiger partial charge on any atom is 0.253 e. The van der Waals surface area contributed by atoms with Crippen molar-refractivity contribution in [1.29, 1.82) is 5.26 Å². The summed E-state index contributed by atoms with van der Waals surface area (Å²) in [5.74, 6) is -0.0290. The van der Waals surface area contributed by atoms with E-state index < -0.39 is 0 Å². The van der Waals surface area contributed by atoms with Crippen molar-refractivity contribution < 1.29 is 4.79 Å². The quantitative estimate of drug-likeness (QED) is 0.783. The summed E-state index contributed by atoms with van der Waals surface area (Å²) in [5, 5.41) is 8.79. The van der Waals surface area contributed by atoms with Gasteiger partial charge >= 0.3 is 0 Å². The minimum Gasteiger partial charge on any atom is -0.337 e.